The highest BCUT2D eigenvalue weighted by atomic mass is 19.1. The molecule has 2 nitrogen and oxygen atoms in total. The zero-order valence-corrected chi connectivity index (χ0v) is 11.5. The normalized spacial score (nSPS) is 18.4. The van der Waals surface area contributed by atoms with Gasteiger partial charge in [0.2, 0.25) is 0 Å². The number of halogens is 1. The summed E-state index contributed by atoms with van der Waals surface area (Å²) in [6.45, 7) is 0. The van der Waals surface area contributed by atoms with Gasteiger partial charge in [-0.2, -0.15) is 0 Å². The molecule has 20 heavy (non-hydrogen) atoms. The molecule has 1 N–H and O–H groups in total. The van der Waals surface area contributed by atoms with Crippen LogP contribution in [-0.4, -0.2) is 19.2 Å². The molecule has 104 valence electrons. The van der Waals surface area contributed by atoms with Gasteiger partial charge in [0.15, 0.2) is 0 Å². The van der Waals surface area contributed by atoms with E-state index in [1.807, 2.05) is 37.4 Å². The van der Waals surface area contributed by atoms with Crippen LogP contribution in [-0.2, 0) is 12.8 Å². The summed E-state index contributed by atoms with van der Waals surface area (Å²) in [5, 5.41) is 3.32. The van der Waals surface area contributed by atoms with Gasteiger partial charge in [0.25, 0.3) is 0 Å². The van der Waals surface area contributed by atoms with E-state index in [1.165, 1.54) is 17.7 Å². The number of hydrogen-bond acceptors (Lipinski definition) is 2. The number of hydrogen-bond donors (Lipinski definition) is 1. The molecule has 0 aromatic heterocycles. The Bertz CT molecular complexity index is 557. The summed E-state index contributed by atoms with van der Waals surface area (Å²) in [5.74, 6) is 0.788. The van der Waals surface area contributed by atoms with Gasteiger partial charge < -0.3 is 10.1 Å². The molecule has 0 aliphatic carbocycles. The van der Waals surface area contributed by atoms with Crippen LogP contribution in [0.3, 0.4) is 0 Å². The van der Waals surface area contributed by atoms with Crippen molar-refractivity contribution in [3.8, 4) is 5.75 Å². The van der Waals surface area contributed by atoms with Crippen LogP contribution in [0.1, 0.15) is 11.1 Å². The molecule has 2 atom stereocenters. The van der Waals surface area contributed by atoms with Crippen LogP contribution in [0.4, 0.5) is 4.39 Å². The van der Waals surface area contributed by atoms with Crippen molar-refractivity contribution in [3.05, 3.63) is 65.5 Å². The predicted molar refractivity (Wildman–Crippen MR) is 77.5 cm³/mol. The molecule has 0 spiro atoms. The molecule has 2 unspecified atom stereocenters. The Balaban J connectivity index is 1.71. The van der Waals surface area contributed by atoms with E-state index >= 15 is 0 Å². The van der Waals surface area contributed by atoms with Gasteiger partial charge in [0.05, 0.1) is 0 Å². The Labute approximate surface area is 118 Å². The minimum Gasteiger partial charge on any atom is -0.488 e. The largest absolute Gasteiger partial charge is 0.488 e. The third kappa shape index (κ3) is 2.68. The molecular weight excluding hydrogens is 253 g/mol. The summed E-state index contributed by atoms with van der Waals surface area (Å²) in [5.41, 5.74) is 2.38. The molecule has 1 aliphatic rings. The van der Waals surface area contributed by atoms with Crippen LogP contribution in [0.2, 0.25) is 0 Å². The second-order valence-corrected chi connectivity index (χ2v) is 5.19. The highest BCUT2D eigenvalue weighted by Crippen LogP contribution is 2.30. The van der Waals surface area contributed by atoms with Crippen LogP contribution < -0.4 is 10.1 Å². The smallest absolute Gasteiger partial charge is 0.123 e. The second kappa shape index (κ2) is 5.63. The van der Waals surface area contributed by atoms with E-state index < -0.39 is 0 Å². The summed E-state index contributed by atoms with van der Waals surface area (Å²) < 4.78 is 19.0. The second-order valence-electron chi connectivity index (χ2n) is 5.19. The molecule has 3 rings (SSSR count). The van der Waals surface area contributed by atoms with Crippen molar-refractivity contribution in [1.29, 1.82) is 0 Å². The minimum atomic E-state index is -0.195. The number of likely N-dealkylation sites (N-methyl/N-ethyl adjacent to an activating group) is 1. The van der Waals surface area contributed by atoms with Crippen molar-refractivity contribution in [2.45, 2.75) is 25.0 Å². The fourth-order valence-electron chi connectivity index (χ4n) is 2.73. The fraction of sp³-hybridized carbons (Fsp3) is 0.294. The third-order valence-corrected chi connectivity index (χ3v) is 3.86. The average Bonchev–Trinajstić information content (AvgIpc) is 2.90. The van der Waals surface area contributed by atoms with Crippen molar-refractivity contribution >= 4 is 0 Å². The summed E-state index contributed by atoms with van der Waals surface area (Å²) >= 11 is 0. The van der Waals surface area contributed by atoms with Crippen molar-refractivity contribution in [2.75, 3.05) is 7.05 Å². The van der Waals surface area contributed by atoms with Crippen LogP contribution in [0, 0.1) is 5.82 Å². The number of para-hydroxylation sites is 1. The zero-order chi connectivity index (χ0) is 13.9. The van der Waals surface area contributed by atoms with E-state index in [0.29, 0.717) is 0 Å². The number of ether oxygens (including phenoxy) is 1. The summed E-state index contributed by atoms with van der Waals surface area (Å²) in [6.07, 6.45) is 1.88. The first kappa shape index (κ1) is 13.1. The van der Waals surface area contributed by atoms with Crippen molar-refractivity contribution in [1.82, 2.24) is 5.32 Å². The molecule has 1 aliphatic heterocycles. The lowest BCUT2D eigenvalue weighted by Gasteiger charge is -2.23. The van der Waals surface area contributed by atoms with Gasteiger partial charge in [0, 0.05) is 12.5 Å². The summed E-state index contributed by atoms with van der Waals surface area (Å²) in [6, 6.07) is 15.1. The van der Waals surface area contributed by atoms with Gasteiger partial charge in [-0.1, -0.05) is 30.3 Å². The van der Waals surface area contributed by atoms with E-state index in [0.717, 1.165) is 24.2 Å². The van der Waals surface area contributed by atoms with Gasteiger partial charge in [-0.25, -0.2) is 4.39 Å². The molecule has 0 amide bonds. The molecule has 0 saturated carbocycles. The lowest BCUT2D eigenvalue weighted by atomic mass is 9.98. The highest BCUT2D eigenvalue weighted by Gasteiger charge is 2.29. The van der Waals surface area contributed by atoms with E-state index in [-0.39, 0.29) is 18.0 Å². The van der Waals surface area contributed by atoms with E-state index in [9.17, 15) is 4.39 Å². The zero-order valence-electron chi connectivity index (χ0n) is 11.5. The monoisotopic (exact) mass is 271 g/mol. The molecule has 0 radical (unpaired) electrons. The standard InChI is InChI=1S/C17H18FNO/c1-19-15(10-12-6-8-14(18)9-7-12)17-11-13-4-2-3-5-16(13)20-17/h2-9,15,17,19H,10-11H2,1H3. The average molecular weight is 271 g/mol. The van der Waals surface area contributed by atoms with Crippen molar-refractivity contribution in [3.63, 3.8) is 0 Å². The Hall–Kier alpha value is -1.87. The van der Waals surface area contributed by atoms with Gasteiger partial charge in [0.1, 0.15) is 17.7 Å². The molecule has 0 saturated heterocycles. The van der Waals surface area contributed by atoms with Crippen molar-refractivity contribution in [2.24, 2.45) is 0 Å². The maximum atomic E-state index is 12.9. The number of fused-ring (bicyclic) bond motifs is 1. The van der Waals surface area contributed by atoms with Crippen LogP contribution in [0.25, 0.3) is 0 Å². The maximum absolute atomic E-state index is 12.9. The minimum absolute atomic E-state index is 0.127. The van der Waals surface area contributed by atoms with E-state index in [1.54, 1.807) is 0 Å². The summed E-state index contributed by atoms with van der Waals surface area (Å²) in [7, 11) is 1.94. The Morgan fingerprint density at radius 2 is 1.95 bits per heavy atom. The fourth-order valence-corrected chi connectivity index (χ4v) is 2.73. The Kier molecular flexibility index (Phi) is 3.70. The lowest BCUT2D eigenvalue weighted by molar-refractivity contribution is 0.182. The van der Waals surface area contributed by atoms with Crippen molar-refractivity contribution < 1.29 is 9.13 Å². The van der Waals surface area contributed by atoms with Gasteiger partial charge >= 0.3 is 0 Å². The Morgan fingerprint density at radius 3 is 2.65 bits per heavy atom. The molecular formula is C17H18FNO. The predicted octanol–water partition coefficient (Wildman–Crippen LogP) is 2.96. The number of rotatable bonds is 4. The molecule has 0 fully saturated rings. The number of nitrogens with one attached hydrogen (secondary N) is 1. The highest BCUT2D eigenvalue weighted by molar-refractivity contribution is 5.37. The van der Waals surface area contributed by atoms with Crippen LogP contribution >= 0.6 is 0 Å². The van der Waals surface area contributed by atoms with Gasteiger partial charge in [-0.15, -0.1) is 0 Å². The molecule has 3 heteroatoms. The third-order valence-electron chi connectivity index (χ3n) is 3.86. The first-order valence-corrected chi connectivity index (χ1v) is 6.92. The van der Waals surface area contributed by atoms with Crippen LogP contribution in [0.15, 0.2) is 48.5 Å². The molecule has 0 bridgehead atoms. The topological polar surface area (TPSA) is 21.3 Å². The van der Waals surface area contributed by atoms with E-state index in [2.05, 4.69) is 11.4 Å². The Morgan fingerprint density at radius 1 is 1.20 bits per heavy atom. The maximum Gasteiger partial charge on any atom is 0.123 e. The first-order chi connectivity index (χ1) is 9.76. The summed E-state index contributed by atoms with van der Waals surface area (Å²) in [4.78, 5) is 0. The van der Waals surface area contributed by atoms with E-state index in [4.69, 9.17) is 4.74 Å². The molecule has 2 aromatic carbocycles. The molecule has 1 heterocycles. The SMILES string of the molecule is CNC(Cc1ccc(F)cc1)C1Cc2ccccc2O1. The lowest BCUT2D eigenvalue weighted by Crippen LogP contribution is -2.42. The van der Waals surface area contributed by atoms with Gasteiger partial charge in [-0.3, -0.25) is 0 Å². The number of benzene rings is 2. The quantitative estimate of drug-likeness (QED) is 0.923. The van der Waals surface area contributed by atoms with Gasteiger partial charge in [-0.05, 0) is 42.8 Å². The molecule has 2 aromatic rings. The van der Waals surface area contributed by atoms with Crippen LogP contribution in [0.5, 0.6) is 5.75 Å². The first-order valence-electron chi connectivity index (χ1n) is 6.92.